The molecule has 2 heterocycles. The first-order chi connectivity index (χ1) is 14.4. The van der Waals surface area contributed by atoms with Crippen LogP contribution >= 0.6 is 33.9 Å². The number of nitrogens with zero attached hydrogens (tertiary/aromatic N) is 1. The van der Waals surface area contributed by atoms with E-state index in [1.165, 1.54) is 16.2 Å². The van der Waals surface area contributed by atoms with Crippen LogP contribution in [0.15, 0.2) is 36.4 Å². The fraction of sp³-hybridized carbons (Fsp3) is 0.250. The third-order valence-corrected chi connectivity index (χ3v) is 5.52. The van der Waals surface area contributed by atoms with Gasteiger partial charge in [0.25, 0.3) is 5.91 Å². The molecule has 1 saturated heterocycles. The Bertz CT molecular complexity index is 848. The zero-order chi connectivity index (χ0) is 22.7. The summed E-state index contributed by atoms with van der Waals surface area (Å²) in [5, 5.41) is 5.35. The number of anilines is 2. The topological polar surface area (TPSA) is 114 Å². The third-order valence-electron chi connectivity index (χ3n) is 3.62. The minimum atomic E-state index is -0.469. The quantitative estimate of drug-likeness (QED) is 0.322. The predicted octanol–water partition coefficient (Wildman–Crippen LogP) is 3.64. The van der Waals surface area contributed by atoms with Crippen molar-refractivity contribution in [2.24, 2.45) is 5.73 Å². The minimum Gasteiger partial charge on any atom is -0.486 e. The summed E-state index contributed by atoms with van der Waals surface area (Å²) in [5.41, 5.74) is 5.49. The molecular weight excluding hydrogens is 703 g/mol. The summed E-state index contributed by atoms with van der Waals surface area (Å²) >= 11 is 3.56. The van der Waals surface area contributed by atoms with Gasteiger partial charge in [-0.05, 0) is 59.0 Å². The molecule has 0 saturated carbocycles. The van der Waals surface area contributed by atoms with Gasteiger partial charge < -0.3 is 32.8 Å². The average Bonchev–Trinajstić information content (AvgIpc) is 3.35. The number of halogens is 1. The largest absolute Gasteiger partial charge is 2.00 e. The number of cyclic esters (lactones) is 1. The van der Waals surface area contributed by atoms with Crippen molar-refractivity contribution in [2.45, 2.75) is 20.0 Å². The van der Waals surface area contributed by atoms with Gasteiger partial charge in [0.15, 0.2) is 0 Å². The molecule has 3 amide bonds. The number of carbonyl (C=O) groups excluding carboxylic acids is 3. The predicted molar refractivity (Wildman–Crippen MR) is 128 cm³/mol. The Morgan fingerprint density at radius 3 is 2.35 bits per heavy atom. The number of amides is 3. The van der Waals surface area contributed by atoms with Gasteiger partial charge in [-0.15, -0.1) is 11.3 Å². The summed E-state index contributed by atoms with van der Waals surface area (Å²) in [6.07, 6.45) is -0.895. The van der Waals surface area contributed by atoms with Crippen LogP contribution in [0.5, 0.6) is 0 Å². The summed E-state index contributed by atoms with van der Waals surface area (Å²) in [4.78, 5) is 37.2. The van der Waals surface area contributed by atoms with Gasteiger partial charge in [-0.2, -0.15) is 0 Å². The van der Waals surface area contributed by atoms with Crippen molar-refractivity contribution in [3.63, 3.8) is 0 Å². The van der Waals surface area contributed by atoms with Crippen molar-refractivity contribution in [1.29, 1.82) is 0 Å². The van der Waals surface area contributed by atoms with E-state index in [-0.39, 0.29) is 33.5 Å². The Kier molecular flexibility index (Phi) is 14.4. The van der Waals surface area contributed by atoms with Crippen molar-refractivity contribution in [2.75, 3.05) is 23.3 Å². The summed E-state index contributed by atoms with van der Waals surface area (Å²) in [6, 6.07) is 10.4. The van der Waals surface area contributed by atoms with Gasteiger partial charge in [-0.3, -0.25) is 16.7 Å². The van der Waals surface area contributed by atoms with Gasteiger partial charge in [-0.25, -0.2) is 4.79 Å². The molecule has 1 unspecified atom stereocenters. The molecule has 168 valence electrons. The number of benzene rings is 1. The van der Waals surface area contributed by atoms with E-state index in [1.54, 1.807) is 30.3 Å². The molecule has 2 aromatic rings. The Labute approximate surface area is 214 Å². The molecule has 4 N–H and O–H groups in total. The number of hydrogen-bond donors (Lipinski definition) is 3. The average molecular weight is 728 g/mol. The normalized spacial score (nSPS) is 14.0. The SMILES string of the molecule is CC.[CH2-]C(=O)Nc1ccc(N2CC(CNC(=O)c3ccc(I)s3)OC2=O)cc1.[CH2-]N.[W+2]. The molecule has 0 spiro atoms. The first-order valence-electron chi connectivity index (χ1n) is 9.08. The van der Waals surface area contributed by atoms with Crippen molar-refractivity contribution in [1.82, 2.24) is 5.32 Å². The van der Waals surface area contributed by atoms with Crippen molar-refractivity contribution in [3.05, 3.63) is 58.1 Å². The zero-order valence-corrected chi connectivity index (χ0v) is 23.1. The second kappa shape index (κ2) is 15.2. The molecule has 1 atom stereocenters. The standard InChI is InChI=1S/C17H15IN3O4S.C2H6.CH4N.W/c1-10(22)20-11-2-4-12(5-3-11)21-9-13(25-17(21)24)8-19-16(23)14-6-7-15(18)26-14;2*1-2;/h2-7,13H,1,8-9H2,(H,19,23)(H,20,22);1-2H3;1-2H2;/q-1;;-1;+2. The summed E-state index contributed by atoms with van der Waals surface area (Å²) < 4.78 is 6.34. The van der Waals surface area contributed by atoms with Crippen LogP contribution in [0.2, 0.25) is 0 Å². The molecule has 1 aromatic heterocycles. The van der Waals surface area contributed by atoms with Gasteiger partial charge in [0.2, 0.25) is 0 Å². The Morgan fingerprint density at radius 1 is 1.23 bits per heavy atom. The molecule has 1 aliphatic rings. The van der Waals surface area contributed by atoms with Crippen LogP contribution < -0.4 is 21.3 Å². The number of hydrogen-bond acceptors (Lipinski definition) is 6. The Balaban J connectivity index is 0.00000170. The van der Waals surface area contributed by atoms with E-state index in [4.69, 9.17) is 4.74 Å². The van der Waals surface area contributed by atoms with Gasteiger partial charge in [0, 0.05) is 11.4 Å². The van der Waals surface area contributed by atoms with Crippen LogP contribution in [0.25, 0.3) is 0 Å². The molecule has 3 rings (SSSR count). The number of nitrogens with one attached hydrogen (secondary N) is 2. The molecule has 0 aliphatic carbocycles. The second-order valence-electron chi connectivity index (χ2n) is 5.53. The van der Waals surface area contributed by atoms with Gasteiger partial charge in [0.05, 0.1) is 26.8 Å². The van der Waals surface area contributed by atoms with E-state index in [0.29, 0.717) is 22.8 Å². The summed E-state index contributed by atoms with van der Waals surface area (Å²) in [7, 11) is 2.75. The molecule has 0 radical (unpaired) electrons. The maximum absolute atomic E-state index is 12.1. The van der Waals surface area contributed by atoms with Crippen molar-refractivity contribution in [3.8, 4) is 0 Å². The first-order valence-corrected chi connectivity index (χ1v) is 11.0. The summed E-state index contributed by atoms with van der Waals surface area (Å²) in [5.74, 6) is -0.588. The van der Waals surface area contributed by atoms with Gasteiger partial charge >= 0.3 is 27.2 Å². The molecule has 1 fully saturated rings. The smallest absolute Gasteiger partial charge is 0.486 e. The number of ether oxygens (including phenoxy) is 1. The zero-order valence-electron chi connectivity index (χ0n) is 17.2. The van der Waals surface area contributed by atoms with Crippen LogP contribution in [0.4, 0.5) is 16.2 Å². The van der Waals surface area contributed by atoms with Gasteiger partial charge in [-0.1, -0.05) is 13.8 Å². The van der Waals surface area contributed by atoms with Crippen LogP contribution in [0.1, 0.15) is 23.5 Å². The number of thiophene rings is 1. The maximum atomic E-state index is 12.1. The molecule has 11 heteroatoms. The number of carbonyl (C=O) groups is 3. The fourth-order valence-electron chi connectivity index (χ4n) is 2.45. The van der Waals surface area contributed by atoms with Gasteiger partial charge in [0.1, 0.15) is 6.10 Å². The molecule has 0 bridgehead atoms. The van der Waals surface area contributed by atoms with Crippen LogP contribution in [-0.4, -0.2) is 37.1 Å². The van der Waals surface area contributed by atoms with E-state index in [9.17, 15) is 14.4 Å². The maximum Gasteiger partial charge on any atom is 2.00 e. The molecule has 31 heavy (non-hydrogen) atoms. The minimum absolute atomic E-state index is 0. The second-order valence-corrected chi connectivity index (χ2v) is 8.50. The van der Waals surface area contributed by atoms with E-state index in [2.05, 4.69) is 52.9 Å². The third kappa shape index (κ3) is 9.18. The molecule has 8 nitrogen and oxygen atoms in total. The van der Waals surface area contributed by atoms with Crippen LogP contribution in [-0.2, 0) is 30.6 Å². The van der Waals surface area contributed by atoms with Crippen LogP contribution in [0.3, 0.4) is 0 Å². The molecular formula is C20H25IN4O4SW. The Hall–Kier alpha value is -1.62. The first kappa shape index (κ1) is 29.4. The summed E-state index contributed by atoms with van der Waals surface area (Å²) in [6.45, 7) is 7.82. The van der Waals surface area contributed by atoms with E-state index in [0.717, 1.165) is 2.88 Å². The Morgan fingerprint density at radius 2 is 1.84 bits per heavy atom. The van der Waals surface area contributed by atoms with Crippen molar-refractivity contribution < 1.29 is 40.2 Å². The van der Waals surface area contributed by atoms with E-state index in [1.807, 2.05) is 19.9 Å². The number of rotatable bonds is 5. The number of nitrogens with two attached hydrogens (primary N) is 1. The monoisotopic (exact) mass is 728 g/mol. The van der Waals surface area contributed by atoms with Crippen LogP contribution in [0, 0.1) is 16.9 Å². The van der Waals surface area contributed by atoms with E-state index < -0.39 is 18.1 Å². The van der Waals surface area contributed by atoms with E-state index >= 15 is 0 Å². The fourth-order valence-corrected chi connectivity index (χ4v) is 3.99. The molecule has 1 aliphatic heterocycles. The van der Waals surface area contributed by atoms with Crippen molar-refractivity contribution >= 4 is 63.2 Å². The molecule has 1 aromatic carbocycles.